The predicted octanol–water partition coefficient (Wildman–Crippen LogP) is 9.10. The van der Waals surface area contributed by atoms with Crippen molar-refractivity contribution in [2.24, 2.45) is 0 Å². The van der Waals surface area contributed by atoms with Crippen LogP contribution in [0.3, 0.4) is 0 Å². The highest BCUT2D eigenvalue weighted by Gasteiger charge is 2.42. The Balaban J connectivity index is 1.35. The molecular weight excluding hydrogens is 549 g/mol. The van der Waals surface area contributed by atoms with Crippen LogP contribution in [0.1, 0.15) is 107 Å². The Hall–Kier alpha value is -2.13. The first-order chi connectivity index (χ1) is 19.0. The maximum atomic E-state index is 13.5. The molecule has 2 aromatic rings. The van der Waals surface area contributed by atoms with Crippen LogP contribution in [0.5, 0.6) is 0 Å². The lowest BCUT2D eigenvalue weighted by Crippen LogP contribution is -2.55. The van der Waals surface area contributed by atoms with Gasteiger partial charge in [-0.15, -0.1) is 22.7 Å². The van der Waals surface area contributed by atoms with E-state index in [1.54, 1.807) is 22.7 Å². The van der Waals surface area contributed by atoms with E-state index in [0.717, 1.165) is 53.0 Å². The molecule has 2 aliphatic heterocycles. The highest BCUT2D eigenvalue weighted by molar-refractivity contribution is 7.14. The molecule has 0 spiro atoms. The molecule has 3 aliphatic rings. The number of nitrogens with zero attached hydrogens (tertiary/aromatic N) is 2. The van der Waals surface area contributed by atoms with Crippen molar-refractivity contribution < 1.29 is 15.2 Å². The van der Waals surface area contributed by atoms with Crippen molar-refractivity contribution in [3.63, 3.8) is 0 Å². The van der Waals surface area contributed by atoms with Gasteiger partial charge in [0.1, 0.15) is 0 Å². The molecule has 1 fully saturated rings. The molecule has 41 heavy (non-hydrogen) atoms. The lowest BCUT2D eigenvalue weighted by molar-refractivity contribution is -0.211. The summed E-state index contributed by atoms with van der Waals surface area (Å²) in [5.41, 5.74) is 2.67. The van der Waals surface area contributed by atoms with E-state index in [1.807, 2.05) is 27.7 Å². The number of carbonyl (C=O) groups excluding carboxylic acids is 1. The van der Waals surface area contributed by atoms with E-state index in [0.29, 0.717) is 0 Å². The fourth-order valence-electron chi connectivity index (χ4n) is 6.76. The lowest BCUT2D eigenvalue weighted by Gasteiger charge is -2.47. The van der Waals surface area contributed by atoms with Crippen LogP contribution in [-0.2, 0) is 4.79 Å². The molecule has 0 saturated heterocycles. The van der Waals surface area contributed by atoms with Crippen molar-refractivity contribution in [1.82, 2.24) is 10.1 Å². The van der Waals surface area contributed by atoms with E-state index < -0.39 is 11.1 Å². The Morgan fingerprint density at radius 3 is 1.44 bits per heavy atom. The molecule has 4 heterocycles. The topological polar surface area (TPSA) is 64.0 Å². The molecule has 2 aromatic heterocycles. The van der Waals surface area contributed by atoms with Crippen LogP contribution in [0.4, 0.5) is 0 Å². The maximum Gasteiger partial charge on any atom is 0.185 e. The fraction of sp³-hybridized carbons (Fsp3) is 0.500. The molecule has 0 unspecified atom stereocenters. The SMILES string of the molecule is CC1(C)C=C(c2ccc(C=C3CCCC(=Cc4ccc(C5=CC(C)(C)N(O)C(C)(C)C5)s4)C3=O)s2)CC(C)(C)N1O. The molecule has 1 saturated carbocycles. The third-order valence-corrected chi connectivity index (χ3v) is 10.8. The van der Waals surface area contributed by atoms with E-state index in [-0.39, 0.29) is 16.9 Å². The molecule has 220 valence electrons. The van der Waals surface area contributed by atoms with Gasteiger partial charge in [-0.05, 0) is 135 Å². The van der Waals surface area contributed by atoms with Gasteiger partial charge in [0.05, 0.1) is 11.1 Å². The van der Waals surface area contributed by atoms with Crippen LogP contribution in [0.25, 0.3) is 23.3 Å². The zero-order chi connectivity index (χ0) is 30.0. The molecule has 1 aliphatic carbocycles. The quantitative estimate of drug-likeness (QED) is 0.347. The molecule has 0 atom stereocenters. The third kappa shape index (κ3) is 6.03. The minimum atomic E-state index is -0.445. The largest absolute Gasteiger partial charge is 0.313 e. The number of Topliss-reactive ketones (excluding diaryl/α,β-unsaturated/α-hetero) is 1. The van der Waals surface area contributed by atoms with Crippen molar-refractivity contribution in [3.05, 3.63) is 67.1 Å². The molecule has 0 aromatic carbocycles. The minimum absolute atomic E-state index is 0.159. The Labute approximate surface area is 253 Å². The minimum Gasteiger partial charge on any atom is -0.313 e. The van der Waals surface area contributed by atoms with Gasteiger partial charge in [-0.25, -0.2) is 0 Å². The summed E-state index contributed by atoms with van der Waals surface area (Å²) in [7, 11) is 0. The molecule has 0 amide bonds. The lowest BCUT2D eigenvalue weighted by atomic mass is 9.82. The number of hydrogen-bond donors (Lipinski definition) is 2. The van der Waals surface area contributed by atoms with E-state index >= 15 is 0 Å². The zero-order valence-electron chi connectivity index (χ0n) is 25.7. The second kappa shape index (κ2) is 10.5. The number of ketones is 1. The first-order valence-corrected chi connectivity index (χ1v) is 16.2. The van der Waals surface area contributed by atoms with Gasteiger partial charge in [0.2, 0.25) is 0 Å². The van der Waals surface area contributed by atoms with Crippen LogP contribution in [0, 0.1) is 0 Å². The highest BCUT2D eigenvalue weighted by atomic mass is 32.1. The second-order valence-corrected chi connectivity index (χ2v) is 16.4. The standard InChI is InChI=1S/C34H44N2O3S2/c1-31(2)18-24(19-32(3,4)35(31)38)28-14-12-26(40-28)16-22-10-9-11-23(30(22)37)17-27-13-15-29(41-27)25-20-33(5,6)36(39)34(7,8)21-25/h12-18,20,38-39H,9-11,19,21H2,1-8H3. The van der Waals surface area contributed by atoms with Crippen LogP contribution in [0.2, 0.25) is 0 Å². The fourth-order valence-corrected chi connectivity index (χ4v) is 8.74. The molecule has 0 bridgehead atoms. The summed E-state index contributed by atoms with van der Waals surface area (Å²) in [6.45, 7) is 16.4. The van der Waals surface area contributed by atoms with Crippen LogP contribution in [-0.4, -0.2) is 48.5 Å². The predicted molar refractivity (Wildman–Crippen MR) is 172 cm³/mol. The summed E-state index contributed by atoms with van der Waals surface area (Å²) < 4.78 is 0. The molecule has 5 nitrogen and oxygen atoms in total. The van der Waals surface area contributed by atoms with Crippen molar-refractivity contribution in [3.8, 4) is 0 Å². The smallest absolute Gasteiger partial charge is 0.185 e. The number of hydrogen-bond acceptors (Lipinski definition) is 7. The summed E-state index contributed by atoms with van der Waals surface area (Å²) in [6.07, 6.45) is 12.6. The van der Waals surface area contributed by atoms with E-state index in [9.17, 15) is 15.2 Å². The Kier molecular flexibility index (Phi) is 7.80. The van der Waals surface area contributed by atoms with Gasteiger partial charge in [-0.1, -0.05) is 12.2 Å². The van der Waals surface area contributed by atoms with Crippen molar-refractivity contribution >= 4 is 51.8 Å². The van der Waals surface area contributed by atoms with E-state index in [4.69, 9.17) is 0 Å². The van der Waals surface area contributed by atoms with Gasteiger partial charge in [0.15, 0.2) is 5.78 Å². The van der Waals surface area contributed by atoms with Gasteiger partial charge >= 0.3 is 0 Å². The number of rotatable bonds is 4. The average molecular weight is 593 g/mol. The van der Waals surface area contributed by atoms with Crippen molar-refractivity contribution in [2.75, 3.05) is 0 Å². The number of hydroxylamine groups is 4. The van der Waals surface area contributed by atoms with Crippen molar-refractivity contribution in [1.29, 1.82) is 0 Å². The first kappa shape index (κ1) is 30.3. The summed E-state index contributed by atoms with van der Waals surface area (Å²) in [5, 5.41) is 24.2. The van der Waals surface area contributed by atoms with Crippen LogP contribution in [0.15, 0.2) is 47.6 Å². The Morgan fingerprint density at radius 2 is 1.07 bits per heavy atom. The summed E-state index contributed by atoms with van der Waals surface area (Å²) in [4.78, 5) is 18.1. The van der Waals surface area contributed by atoms with Crippen LogP contribution >= 0.6 is 22.7 Å². The number of carbonyl (C=O) groups is 1. The molecular formula is C34H44N2O3S2. The van der Waals surface area contributed by atoms with Gasteiger partial charge in [-0.3, -0.25) is 4.79 Å². The van der Waals surface area contributed by atoms with Gasteiger partial charge in [0.25, 0.3) is 0 Å². The summed E-state index contributed by atoms with van der Waals surface area (Å²) in [5.74, 6) is 0.159. The second-order valence-electron chi connectivity index (χ2n) is 14.2. The molecule has 7 heteroatoms. The third-order valence-electron chi connectivity index (χ3n) is 8.53. The average Bonchev–Trinajstić information content (AvgIpc) is 3.53. The normalized spacial score (nSPS) is 26.3. The zero-order valence-corrected chi connectivity index (χ0v) is 27.3. The van der Waals surface area contributed by atoms with Gasteiger partial charge < -0.3 is 10.4 Å². The molecule has 0 radical (unpaired) electrons. The van der Waals surface area contributed by atoms with E-state index in [2.05, 4.69) is 76.3 Å². The number of thiophene rings is 2. The van der Waals surface area contributed by atoms with E-state index in [1.165, 1.54) is 31.0 Å². The van der Waals surface area contributed by atoms with Gasteiger partial charge in [0, 0.05) is 41.7 Å². The Morgan fingerprint density at radius 1 is 0.683 bits per heavy atom. The molecule has 2 N–H and O–H groups in total. The summed E-state index contributed by atoms with van der Waals surface area (Å²) in [6, 6.07) is 8.53. The van der Waals surface area contributed by atoms with Gasteiger partial charge in [-0.2, -0.15) is 10.1 Å². The Bertz CT molecular complexity index is 1370. The monoisotopic (exact) mass is 592 g/mol. The first-order valence-electron chi connectivity index (χ1n) is 14.6. The van der Waals surface area contributed by atoms with Crippen molar-refractivity contribution in [2.45, 2.75) is 110 Å². The summed E-state index contributed by atoms with van der Waals surface area (Å²) >= 11 is 3.44. The highest BCUT2D eigenvalue weighted by Crippen LogP contribution is 2.43. The maximum absolute atomic E-state index is 13.5. The number of allylic oxidation sites excluding steroid dienone is 2. The molecule has 5 rings (SSSR count). The van der Waals surface area contributed by atoms with Crippen LogP contribution < -0.4 is 0 Å².